The van der Waals surface area contributed by atoms with E-state index in [4.69, 9.17) is 9.84 Å². The number of amides is 2. The molecule has 1 saturated heterocycles. The zero-order valence-electron chi connectivity index (χ0n) is 11.9. The first kappa shape index (κ1) is 15.8. The van der Waals surface area contributed by atoms with E-state index in [-0.39, 0.29) is 18.2 Å². The van der Waals surface area contributed by atoms with E-state index < -0.39 is 11.9 Å². The summed E-state index contributed by atoms with van der Waals surface area (Å²) in [5, 5.41) is 11.6. The summed E-state index contributed by atoms with van der Waals surface area (Å²) in [6, 6.07) is -0.565. The summed E-state index contributed by atoms with van der Waals surface area (Å²) >= 11 is 0. The third kappa shape index (κ3) is 4.70. The zero-order valence-corrected chi connectivity index (χ0v) is 11.9. The molecule has 1 heterocycles. The Morgan fingerprint density at radius 2 is 1.95 bits per heavy atom. The van der Waals surface area contributed by atoms with Gasteiger partial charge in [-0.2, -0.15) is 0 Å². The third-order valence-electron chi connectivity index (χ3n) is 3.62. The van der Waals surface area contributed by atoms with Crippen LogP contribution in [-0.4, -0.2) is 53.8 Å². The van der Waals surface area contributed by atoms with Crippen LogP contribution in [0.5, 0.6) is 0 Å². The number of likely N-dealkylation sites (tertiary alicyclic amines) is 1. The van der Waals surface area contributed by atoms with E-state index in [1.54, 1.807) is 18.7 Å². The number of piperidine rings is 1. The van der Waals surface area contributed by atoms with Crippen molar-refractivity contribution in [1.29, 1.82) is 0 Å². The molecule has 0 aromatic rings. The number of urea groups is 1. The molecule has 0 radical (unpaired) electrons. The molecule has 0 bridgehead atoms. The van der Waals surface area contributed by atoms with Crippen molar-refractivity contribution in [3.8, 4) is 0 Å². The van der Waals surface area contributed by atoms with E-state index >= 15 is 0 Å². The second kappa shape index (κ2) is 7.33. The number of hydrogen-bond acceptors (Lipinski definition) is 3. The standard InChI is InChI=1S/C13H24N2O4/c1-4-19-11-5-7-15(8-6-11)13(18)14-10(3)9(2)12(16)17/h9-11H,4-8H2,1-3H3,(H,14,18)(H,16,17). The van der Waals surface area contributed by atoms with Crippen molar-refractivity contribution in [2.45, 2.75) is 45.8 Å². The lowest BCUT2D eigenvalue weighted by Crippen LogP contribution is -2.50. The van der Waals surface area contributed by atoms with Crippen molar-refractivity contribution in [1.82, 2.24) is 10.2 Å². The molecule has 0 spiro atoms. The van der Waals surface area contributed by atoms with Crippen LogP contribution < -0.4 is 5.32 Å². The minimum absolute atomic E-state index is 0.185. The Morgan fingerprint density at radius 3 is 2.42 bits per heavy atom. The van der Waals surface area contributed by atoms with Crippen LogP contribution in [0.25, 0.3) is 0 Å². The molecule has 6 heteroatoms. The van der Waals surface area contributed by atoms with Crippen molar-refractivity contribution in [3.05, 3.63) is 0 Å². The largest absolute Gasteiger partial charge is 0.481 e. The number of carboxylic acid groups (broad SMARTS) is 1. The maximum absolute atomic E-state index is 12.0. The van der Waals surface area contributed by atoms with Crippen LogP contribution >= 0.6 is 0 Å². The van der Waals surface area contributed by atoms with Gasteiger partial charge in [-0.1, -0.05) is 0 Å². The first-order valence-electron chi connectivity index (χ1n) is 6.85. The van der Waals surface area contributed by atoms with Gasteiger partial charge in [0.25, 0.3) is 0 Å². The molecule has 0 saturated carbocycles. The predicted molar refractivity (Wildman–Crippen MR) is 71.0 cm³/mol. The molecule has 2 N–H and O–H groups in total. The molecular formula is C13H24N2O4. The van der Waals surface area contributed by atoms with E-state index in [1.165, 1.54) is 0 Å². The van der Waals surface area contributed by atoms with Gasteiger partial charge in [-0.05, 0) is 33.6 Å². The molecule has 2 amide bonds. The van der Waals surface area contributed by atoms with Gasteiger partial charge < -0.3 is 20.1 Å². The summed E-state index contributed by atoms with van der Waals surface area (Å²) in [7, 11) is 0. The van der Waals surface area contributed by atoms with Crippen LogP contribution in [0, 0.1) is 5.92 Å². The van der Waals surface area contributed by atoms with Gasteiger partial charge in [-0.15, -0.1) is 0 Å². The lowest BCUT2D eigenvalue weighted by Gasteiger charge is -2.33. The van der Waals surface area contributed by atoms with Crippen LogP contribution in [0.1, 0.15) is 33.6 Å². The molecule has 2 unspecified atom stereocenters. The fourth-order valence-corrected chi connectivity index (χ4v) is 2.09. The number of carbonyl (C=O) groups excluding carboxylic acids is 1. The van der Waals surface area contributed by atoms with Crippen molar-refractivity contribution in [2.75, 3.05) is 19.7 Å². The van der Waals surface area contributed by atoms with Crippen LogP contribution in [-0.2, 0) is 9.53 Å². The molecule has 0 aromatic carbocycles. The van der Waals surface area contributed by atoms with Crippen LogP contribution in [0.4, 0.5) is 4.79 Å². The molecule has 2 atom stereocenters. The SMILES string of the molecule is CCOC1CCN(C(=O)NC(C)C(C)C(=O)O)CC1. The Bertz CT molecular complexity index is 314. The Morgan fingerprint density at radius 1 is 1.37 bits per heavy atom. The molecule has 1 aliphatic heterocycles. The summed E-state index contributed by atoms with van der Waals surface area (Å²) in [4.78, 5) is 24.5. The Hall–Kier alpha value is -1.30. The van der Waals surface area contributed by atoms with E-state index in [0.717, 1.165) is 12.8 Å². The molecule has 1 aliphatic rings. The average Bonchev–Trinajstić information content (AvgIpc) is 2.38. The second-order valence-corrected chi connectivity index (χ2v) is 5.01. The highest BCUT2D eigenvalue weighted by molar-refractivity contribution is 5.76. The number of rotatable bonds is 5. The number of carbonyl (C=O) groups is 2. The van der Waals surface area contributed by atoms with Crippen molar-refractivity contribution in [2.24, 2.45) is 5.92 Å². The van der Waals surface area contributed by atoms with Crippen molar-refractivity contribution in [3.63, 3.8) is 0 Å². The Labute approximate surface area is 114 Å². The first-order valence-corrected chi connectivity index (χ1v) is 6.85. The van der Waals surface area contributed by atoms with Gasteiger partial charge in [0.2, 0.25) is 0 Å². The summed E-state index contributed by atoms with van der Waals surface area (Å²) < 4.78 is 5.53. The summed E-state index contributed by atoms with van der Waals surface area (Å²) in [5.74, 6) is -1.49. The minimum atomic E-state index is -0.900. The molecule has 0 aromatic heterocycles. The monoisotopic (exact) mass is 272 g/mol. The van der Waals surface area contributed by atoms with Crippen LogP contribution in [0.2, 0.25) is 0 Å². The van der Waals surface area contributed by atoms with Gasteiger partial charge >= 0.3 is 12.0 Å². The molecular weight excluding hydrogens is 248 g/mol. The fourth-order valence-electron chi connectivity index (χ4n) is 2.09. The van der Waals surface area contributed by atoms with Crippen molar-refractivity contribution >= 4 is 12.0 Å². The van der Waals surface area contributed by atoms with Crippen LogP contribution in [0.3, 0.4) is 0 Å². The van der Waals surface area contributed by atoms with Gasteiger partial charge in [-0.3, -0.25) is 4.79 Å². The number of carboxylic acids is 1. The van der Waals surface area contributed by atoms with Crippen LogP contribution in [0.15, 0.2) is 0 Å². The number of nitrogens with one attached hydrogen (secondary N) is 1. The van der Waals surface area contributed by atoms with Gasteiger partial charge in [0, 0.05) is 25.7 Å². The smallest absolute Gasteiger partial charge is 0.317 e. The number of aliphatic carboxylic acids is 1. The highest BCUT2D eigenvalue weighted by Crippen LogP contribution is 2.14. The quantitative estimate of drug-likeness (QED) is 0.791. The zero-order chi connectivity index (χ0) is 14.4. The molecule has 1 rings (SSSR count). The van der Waals surface area contributed by atoms with E-state index in [9.17, 15) is 9.59 Å². The fraction of sp³-hybridized carbons (Fsp3) is 0.846. The number of ether oxygens (including phenoxy) is 1. The van der Waals surface area contributed by atoms with E-state index in [1.807, 2.05) is 6.92 Å². The van der Waals surface area contributed by atoms with Gasteiger partial charge in [0.05, 0.1) is 12.0 Å². The summed E-state index contributed by atoms with van der Waals surface area (Å²) in [6.45, 7) is 7.28. The predicted octanol–water partition coefficient (Wildman–Crippen LogP) is 1.31. The molecule has 110 valence electrons. The highest BCUT2D eigenvalue weighted by atomic mass is 16.5. The Balaban J connectivity index is 2.37. The topological polar surface area (TPSA) is 78.9 Å². The van der Waals surface area contributed by atoms with Gasteiger partial charge in [-0.25, -0.2) is 4.79 Å². The number of hydrogen-bond donors (Lipinski definition) is 2. The van der Waals surface area contributed by atoms with Gasteiger partial charge in [0.15, 0.2) is 0 Å². The summed E-state index contributed by atoms with van der Waals surface area (Å²) in [5.41, 5.74) is 0. The second-order valence-electron chi connectivity index (χ2n) is 5.01. The Kier molecular flexibility index (Phi) is 6.08. The molecule has 6 nitrogen and oxygen atoms in total. The van der Waals surface area contributed by atoms with E-state index in [2.05, 4.69) is 5.32 Å². The molecule has 1 fully saturated rings. The normalized spacial score (nSPS) is 19.8. The van der Waals surface area contributed by atoms with Gasteiger partial charge in [0.1, 0.15) is 0 Å². The first-order chi connectivity index (χ1) is 8.95. The maximum Gasteiger partial charge on any atom is 0.317 e. The highest BCUT2D eigenvalue weighted by Gasteiger charge is 2.26. The lowest BCUT2D eigenvalue weighted by molar-refractivity contribution is -0.141. The maximum atomic E-state index is 12.0. The third-order valence-corrected chi connectivity index (χ3v) is 3.62. The molecule has 0 aliphatic carbocycles. The molecule has 19 heavy (non-hydrogen) atoms. The summed E-state index contributed by atoms with van der Waals surface area (Å²) in [6.07, 6.45) is 1.92. The average molecular weight is 272 g/mol. The van der Waals surface area contributed by atoms with E-state index in [0.29, 0.717) is 19.7 Å². The van der Waals surface area contributed by atoms with Crippen molar-refractivity contribution < 1.29 is 19.4 Å². The lowest BCUT2D eigenvalue weighted by atomic mass is 10.0. The minimum Gasteiger partial charge on any atom is -0.481 e. The number of nitrogens with zero attached hydrogens (tertiary/aromatic N) is 1.